The fourth-order valence-electron chi connectivity index (χ4n) is 4.03. The number of hydrogen-bond donors (Lipinski definition) is 1. The Labute approximate surface area is 174 Å². The summed E-state index contributed by atoms with van der Waals surface area (Å²) in [6, 6.07) is 6.98. The molecule has 2 fully saturated rings. The molecule has 4 nitrogen and oxygen atoms in total. The summed E-state index contributed by atoms with van der Waals surface area (Å²) in [4.78, 5) is 16.8. The number of halogens is 3. The molecule has 27 heavy (non-hydrogen) atoms. The van der Waals surface area contributed by atoms with Gasteiger partial charge in [0.05, 0.1) is 0 Å². The van der Waals surface area contributed by atoms with E-state index in [1.807, 2.05) is 7.05 Å². The Balaban J connectivity index is 0.00000182. The summed E-state index contributed by atoms with van der Waals surface area (Å²) >= 11 is 0. The van der Waals surface area contributed by atoms with Gasteiger partial charge in [-0.15, -0.1) is 24.8 Å². The molecule has 0 radical (unpaired) electrons. The van der Waals surface area contributed by atoms with Crippen molar-refractivity contribution in [1.29, 1.82) is 0 Å². The summed E-state index contributed by atoms with van der Waals surface area (Å²) in [6.07, 6.45) is 6.96. The van der Waals surface area contributed by atoms with E-state index in [0.29, 0.717) is 24.3 Å². The maximum atomic E-state index is 12.9. The van der Waals surface area contributed by atoms with Crippen LogP contribution in [0.4, 0.5) is 4.39 Å². The first kappa shape index (κ1) is 23.9. The second-order valence-electron chi connectivity index (χ2n) is 7.06. The highest BCUT2D eigenvalue weighted by Gasteiger charge is 2.38. The lowest BCUT2D eigenvalue weighted by Gasteiger charge is -2.47. The van der Waals surface area contributed by atoms with E-state index in [1.165, 1.54) is 12.1 Å². The lowest BCUT2D eigenvalue weighted by atomic mass is 9.83. The number of likely N-dealkylation sites (N-methyl/N-ethyl adjacent to an activating group) is 1. The lowest BCUT2D eigenvalue weighted by Crippen LogP contribution is -2.57. The van der Waals surface area contributed by atoms with Crippen LogP contribution in [0.15, 0.2) is 30.3 Å². The molecule has 2 heterocycles. The molecule has 1 aromatic rings. The highest BCUT2D eigenvalue weighted by molar-refractivity contribution is 5.85. The van der Waals surface area contributed by atoms with Crippen LogP contribution >= 0.6 is 24.8 Å². The largest absolute Gasteiger partial charge is 0.338 e. The Morgan fingerprint density at radius 2 is 1.96 bits per heavy atom. The Kier molecular flexibility index (Phi) is 10.3. The first-order chi connectivity index (χ1) is 12.2. The molecule has 0 aromatic heterocycles. The first-order valence-corrected chi connectivity index (χ1v) is 9.26. The maximum Gasteiger partial charge on any atom is 0.222 e. The van der Waals surface area contributed by atoms with Gasteiger partial charge < -0.3 is 10.2 Å². The zero-order chi connectivity index (χ0) is 17.6. The molecule has 0 spiro atoms. The van der Waals surface area contributed by atoms with E-state index in [2.05, 4.69) is 27.3 Å². The number of rotatable bonds is 6. The van der Waals surface area contributed by atoms with Gasteiger partial charge in [0.1, 0.15) is 5.82 Å². The molecule has 7 heteroatoms. The third kappa shape index (κ3) is 6.46. The van der Waals surface area contributed by atoms with Gasteiger partial charge in [-0.25, -0.2) is 4.39 Å². The Morgan fingerprint density at radius 1 is 1.22 bits per heavy atom. The van der Waals surface area contributed by atoms with E-state index in [-0.39, 0.29) is 30.6 Å². The molecule has 1 aromatic carbocycles. The number of piperidine rings is 2. The standard InChI is InChI=1S/C20H28FN3O.2ClH/c1-22-11-14-24-19-10-13-23(15-17(19)6-9-20(24)25)12-2-3-16-4-7-18(21)8-5-16;;/h2-5,7-8,17,19,22H,6,9-15H2,1H3;2*1H/b3-2+;;/t17-,19+;;/m0../s1. The molecular formula is C20H30Cl2FN3O. The van der Waals surface area contributed by atoms with E-state index >= 15 is 0 Å². The molecule has 0 saturated carbocycles. The number of fused-ring (bicyclic) bond motifs is 1. The van der Waals surface area contributed by atoms with Gasteiger partial charge in [-0.05, 0) is 43.5 Å². The number of nitrogens with one attached hydrogen (secondary N) is 1. The van der Waals surface area contributed by atoms with Gasteiger partial charge in [0.15, 0.2) is 0 Å². The smallest absolute Gasteiger partial charge is 0.222 e. The van der Waals surface area contributed by atoms with Crippen molar-refractivity contribution >= 4 is 36.8 Å². The first-order valence-electron chi connectivity index (χ1n) is 9.26. The van der Waals surface area contributed by atoms with Crippen molar-refractivity contribution in [3.63, 3.8) is 0 Å². The van der Waals surface area contributed by atoms with Crippen LogP contribution in [0.3, 0.4) is 0 Å². The van der Waals surface area contributed by atoms with E-state index in [1.54, 1.807) is 12.1 Å². The number of likely N-dealkylation sites (tertiary alicyclic amines) is 2. The number of hydrogen-bond acceptors (Lipinski definition) is 3. The fourth-order valence-corrected chi connectivity index (χ4v) is 4.03. The monoisotopic (exact) mass is 417 g/mol. The summed E-state index contributed by atoms with van der Waals surface area (Å²) in [5.74, 6) is 0.706. The van der Waals surface area contributed by atoms with Gasteiger partial charge in [0, 0.05) is 45.2 Å². The molecule has 1 N–H and O–H groups in total. The summed E-state index contributed by atoms with van der Waals surface area (Å²) < 4.78 is 12.9. The lowest BCUT2D eigenvalue weighted by molar-refractivity contribution is -0.140. The highest BCUT2D eigenvalue weighted by Crippen LogP contribution is 2.31. The van der Waals surface area contributed by atoms with E-state index in [4.69, 9.17) is 0 Å². The zero-order valence-electron chi connectivity index (χ0n) is 15.8. The minimum atomic E-state index is -0.200. The molecule has 152 valence electrons. The summed E-state index contributed by atoms with van der Waals surface area (Å²) in [6.45, 7) is 4.67. The number of amides is 1. The minimum Gasteiger partial charge on any atom is -0.338 e. The van der Waals surface area contributed by atoms with Crippen LogP contribution in [-0.4, -0.2) is 61.5 Å². The molecule has 0 aliphatic carbocycles. The second kappa shape index (κ2) is 11.6. The van der Waals surface area contributed by atoms with Crippen LogP contribution in [0.25, 0.3) is 6.08 Å². The minimum absolute atomic E-state index is 0. The van der Waals surface area contributed by atoms with Crippen LogP contribution in [0, 0.1) is 11.7 Å². The van der Waals surface area contributed by atoms with Crippen LogP contribution in [0.1, 0.15) is 24.8 Å². The summed E-state index contributed by atoms with van der Waals surface area (Å²) in [5, 5.41) is 3.15. The van der Waals surface area contributed by atoms with Crippen LogP contribution < -0.4 is 5.32 Å². The molecule has 2 atom stereocenters. The van der Waals surface area contributed by atoms with Crippen molar-refractivity contribution in [2.24, 2.45) is 5.92 Å². The van der Waals surface area contributed by atoms with Gasteiger partial charge in [-0.1, -0.05) is 24.3 Å². The quantitative estimate of drug-likeness (QED) is 0.771. The van der Waals surface area contributed by atoms with Gasteiger partial charge in [0.2, 0.25) is 5.91 Å². The SMILES string of the molecule is CNCCN1C(=O)CC[C@H]2CN(C/C=C/c3ccc(F)cc3)CC[C@H]21.Cl.Cl. The summed E-state index contributed by atoms with van der Waals surface area (Å²) in [7, 11) is 1.93. The Bertz CT molecular complexity index is 612. The molecule has 0 unspecified atom stereocenters. The number of nitrogens with zero attached hydrogens (tertiary/aromatic N) is 2. The van der Waals surface area contributed by atoms with E-state index < -0.39 is 0 Å². The molecule has 2 aliphatic rings. The van der Waals surface area contributed by atoms with E-state index in [0.717, 1.165) is 51.1 Å². The molecule has 0 bridgehead atoms. The van der Waals surface area contributed by atoms with Crippen molar-refractivity contribution in [2.75, 3.05) is 39.8 Å². The third-order valence-electron chi connectivity index (χ3n) is 5.37. The average molecular weight is 418 g/mol. The molecule has 1 amide bonds. The van der Waals surface area contributed by atoms with E-state index in [9.17, 15) is 9.18 Å². The predicted molar refractivity (Wildman–Crippen MR) is 113 cm³/mol. The topological polar surface area (TPSA) is 35.6 Å². The average Bonchev–Trinajstić information content (AvgIpc) is 2.63. The predicted octanol–water partition coefficient (Wildman–Crippen LogP) is 3.21. The van der Waals surface area contributed by atoms with Crippen molar-refractivity contribution in [3.8, 4) is 0 Å². The van der Waals surface area contributed by atoms with Gasteiger partial charge in [-0.3, -0.25) is 9.69 Å². The zero-order valence-corrected chi connectivity index (χ0v) is 17.4. The number of benzene rings is 1. The normalized spacial score (nSPS) is 22.9. The van der Waals surface area contributed by atoms with Crippen molar-refractivity contribution in [2.45, 2.75) is 25.3 Å². The van der Waals surface area contributed by atoms with Crippen LogP contribution in [0.5, 0.6) is 0 Å². The molecular weight excluding hydrogens is 388 g/mol. The third-order valence-corrected chi connectivity index (χ3v) is 5.37. The van der Waals surface area contributed by atoms with Crippen LogP contribution in [0.2, 0.25) is 0 Å². The fraction of sp³-hybridized carbons (Fsp3) is 0.550. The Morgan fingerprint density at radius 3 is 2.67 bits per heavy atom. The van der Waals surface area contributed by atoms with Gasteiger partial charge in [0.25, 0.3) is 0 Å². The molecule has 3 rings (SSSR count). The summed E-state index contributed by atoms with van der Waals surface area (Å²) in [5.41, 5.74) is 1.03. The number of carbonyl (C=O) groups is 1. The maximum absolute atomic E-state index is 12.9. The van der Waals surface area contributed by atoms with Crippen molar-refractivity contribution in [3.05, 3.63) is 41.7 Å². The molecule has 2 aliphatic heterocycles. The second-order valence-corrected chi connectivity index (χ2v) is 7.06. The van der Waals surface area contributed by atoms with Gasteiger partial charge in [-0.2, -0.15) is 0 Å². The molecule has 2 saturated heterocycles. The number of carbonyl (C=O) groups excluding carboxylic acids is 1. The highest BCUT2D eigenvalue weighted by atomic mass is 35.5. The van der Waals surface area contributed by atoms with Crippen molar-refractivity contribution in [1.82, 2.24) is 15.1 Å². The van der Waals surface area contributed by atoms with Crippen LogP contribution in [-0.2, 0) is 4.79 Å². The van der Waals surface area contributed by atoms with Gasteiger partial charge >= 0.3 is 0 Å². The Hall–Kier alpha value is -1.14. The van der Waals surface area contributed by atoms with Crippen molar-refractivity contribution < 1.29 is 9.18 Å².